The second-order valence-corrected chi connectivity index (χ2v) is 22.1. The summed E-state index contributed by atoms with van der Waals surface area (Å²) >= 11 is 0. The second-order valence-electron chi connectivity index (χ2n) is 22.1. The molecule has 59 heavy (non-hydrogen) atoms. The van der Waals surface area contributed by atoms with Crippen molar-refractivity contribution >= 4 is 0 Å². The van der Waals surface area contributed by atoms with Crippen molar-refractivity contribution in [1.82, 2.24) is 0 Å². The van der Waals surface area contributed by atoms with E-state index < -0.39 is 0 Å². The van der Waals surface area contributed by atoms with Gasteiger partial charge in [0.25, 0.3) is 0 Å². The van der Waals surface area contributed by atoms with E-state index in [1.165, 1.54) is 133 Å². The highest BCUT2D eigenvalue weighted by molar-refractivity contribution is 5.87. The Labute approximate surface area is 362 Å². The Balaban J connectivity index is 1.79. The molecule has 0 saturated heterocycles. The highest BCUT2D eigenvalue weighted by atomic mass is 16.5. The molecule has 1 aliphatic rings. The van der Waals surface area contributed by atoms with E-state index in [4.69, 9.17) is 9.47 Å². The smallest absolute Gasteiger partial charge is 0.126 e. The maximum absolute atomic E-state index is 6.22. The Morgan fingerprint density at radius 2 is 0.695 bits per heavy atom. The fourth-order valence-corrected chi connectivity index (χ4v) is 9.84. The molecule has 0 N–H and O–H groups in total. The highest BCUT2D eigenvalue weighted by Gasteiger charge is 2.43. The minimum atomic E-state index is -0.0629. The molecule has 0 radical (unpaired) electrons. The average molecular weight is 799 g/mol. The Kier molecular flexibility index (Phi) is 14.4. The van der Waals surface area contributed by atoms with Crippen molar-refractivity contribution in [3.8, 4) is 44.9 Å². The number of rotatable bonds is 16. The van der Waals surface area contributed by atoms with Crippen LogP contribution in [-0.2, 0) is 27.1 Å². The minimum Gasteiger partial charge on any atom is -0.496 e. The molecule has 4 aromatic rings. The van der Waals surface area contributed by atoms with E-state index in [1.54, 1.807) is 11.1 Å². The summed E-state index contributed by atoms with van der Waals surface area (Å²) in [5.74, 6) is 2.07. The molecule has 0 unspecified atom stereocenters. The molecule has 1 aliphatic carbocycles. The number of benzene rings is 4. The SMILES string of the molecule is CCCCCCCC1(CCCCCCC)c2cc(-c3cc(C(C)(C)C)c(OC)c(C(C)(C)C)c3)ccc2-c2ccc(-c3cc(C(C)(C)C)c(OC)c(C(C)(C)C)c3)cc21. The molecule has 2 nitrogen and oxygen atoms in total. The predicted molar refractivity (Wildman–Crippen MR) is 258 cm³/mol. The van der Waals surface area contributed by atoms with Crippen LogP contribution in [0.5, 0.6) is 11.5 Å². The molecule has 0 aliphatic heterocycles. The van der Waals surface area contributed by atoms with Crippen LogP contribution in [0.25, 0.3) is 33.4 Å². The number of hydrogen-bond donors (Lipinski definition) is 0. The van der Waals surface area contributed by atoms with Gasteiger partial charge in [-0.25, -0.2) is 0 Å². The quantitative estimate of drug-likeness (QED) is 0.105. The van der Waals surface area contributed by atoms with Gasteiger partial charge >= 0.3 is 0 Å². The zero-order chi connectivity index (χ0) is 43.6. The molecular formula is C57H82O2. The van der Waals surface area contributed by atoms with Crippen LogP contribution in [0, 0.1) is 0 Å². The van der Waals surface area contributed by atoms with Gasteiger partial charge in [0.15, 0.2) is 0 Å². The van der Waals surface area contributed by atoms with E-state index in [1.807, 2.05) is 14.2 Å². The van der Waals surface area contributed by atoms with Gasteiger partial charge in [-0.1, -0.05) is 185 Å². The maximum atomic E-state index is 6.22. The third-order valence-corrected chi connectivity index (χ3v) is 13.3. The molecule has 0 saturated carbocycles. The lowest BCUT2D eigenvalue weighted by atomic mass is 9.69. The van der Waals surface area contributed by atoms with Crippen molar-refractivity contribution in [1.29, 1.82) is 0 Å². The van der Waals surface area contributed by atoms with Crippen molar-refractivity contribution in [2.24, 2.45) is 0 Å². The molecule has 0 atom stereocenters. The topological polar surface area (TPSA) is 18.5 Å². The van der Waals surface area contributed by atoms with Gasteiger partial charge < -0.3 is 9.47 Å². The number of methoxy groups -OCH3 is 2. The summed E-state index contributed by atoms with van der Waals surface area (Å²) < 4.78 is 12.4. The molecule has 0 fully saturated rings. The molecule has 322 valence electrons. The van der Waals surface area contributed by atoms with Crippen molar-refractivity contribution < 1.29 is 9.47 Å². The van der Waals surface area contributed by atoms with E-state index in [0.29, 0.717) is 0 Å². The van der Waals surface area contributed by atoms with Crippen LogP contribution in [0.3, 0.4) is 0 Å². The normalized spacial score (nSPS) is 14.0. The summed E-state index contributed by atoms with van der Waals surface area (Å²) in [6.45, 7) is 32.5. The molecule has 0 bridgehead atoms. The van der Waals surface area contributed by atoms with Gasteiger partial charge in [0.2, 0.25) is 0 Å². The molecule has 4 aromatic carbocycles. The average Bonchev–Trinajstić information content (AvgIpc) is 3.43. The fourth-order valence-electron chi connectivity index (χ4n) is 9.84. The summed E-state index contributed by atoms with van der Waals surface area (Å²) in [6, 6.07) is 24.7. The van der Waals surface area contributed by atoms with Gasteiger partial charge in [-0.05, 0) is 115 Å². The van der Waals surface area contributed by atoms with E-state index in [9.17, 15) is 0 Å². The fraction of sp³-hybridized carbons (Fsp3) is 0.579. The first-order chi connectivity index (χ1) is 27.6. The summed E-state index contributed by atoms with van der Waals surface area (Å²) in [4.78, 5) is 0. The Hall–Kier alpha value is -3.52. The zero-order valence-electron chi connectivity index (χ0n) is 40.6. The van der Waals surface area contributed by atoms with Crippen LogP contribution in [0.1, 0.15) is 207 Å². The van der Waals surface area contributed by atoms with Crippen LogP contribution in [0.4, 0.5) is 0 Å². The summed E-state index contributed by atoms with van der Waals surface area (Å²) in [5.41, 5.74) is 16.0. The van der Waals surface area contributed by atoms with Crippen LogP contribution >= 0.6 is 0 Å². The van der Waals surface area contributed by atoms with Gasteiger partial charge in [0.1, 0.15) is 11.5 Å². The molecule has 5 rings (SSSR count). The van der Waals surface area contributed by atoms with Crippen molar-refractivity contribution in [3.05, 3.63) is 94.0 Å². The number of fused-ring (bicyclic) bond motifs is 3. The third kappa shape index (κ3) is 10.0. The first-order valence-electron chi connectivity index (χ1n) is 23.4. The third-order valence-electron chi connectivity index (χ3n) is 13.3. The van der Waals surface area contributed by atoms with Crippen LogP contribution in [-0.4, -0.2) is 14.2 Å². The molecule has 0 aromatic heterocycles. The van der Waals surface area contributed by atoms with Crippen LogP contribution in [0.2, 0.25) is 0 Å². The van der Waals surface area contributed by atoms with Crippen molar-refractivity contribution in [2.45, 2.75) is 201 Å². The number of unbranched alkanes of at least 4 members (excludes halogenated alkanes) is 8. The summed E-state index contributed by atoms with van der Waals surface area (Å²) in [7, 11) is 3.69. The van der Waals surface area contributed by atoms with E-state index >= 15 is 0 Å². The zero-order valence-corrected chi connectivity index (χ0v) is 40.6. The maximum Gasteiger partial charge on any atom is 0.126 e. The standard InChI is InChI=1S/C57H82O2/c1-17-19-21-23-25-31-57(32-26-24-22-20-18-2)45-33-39(41-35-47(53(3,4)5)51(58-15)48(36-41)54(6,7)8)27-29-43(45)44-30-28-40(34-46(44)57)42-37-49(55(9,10)11)52(59-16)50(38-42)56(12,13)14/h27-30,33-38H,17-26,31-32H2,1-16H3. The highest BCUT2D eigenvalue weighted by Crippen LogP contribution is 2.56. The predicted octanol–water partition coefficient (Wildman–Crippen LogP) is 17.2. The molecule has 2 heteroatoms. The Morgan fingerprint density at radius 1 is 0.390 bits per heavy atom. The second kappa shape index (κ2) is 18.2. The molecular weight excluding hydrogens is 717 g/mol. The lowest BCUT2D eigenvalue weighted by molar-refractivity contribution is 0.381. The van der Waals surface area contributed by atoms with Crippen LogP contribution in [0.15, 0.2) is 60.7 Å². The van der Waals surface area contributed by atoms with Crippen molar-refractivity contribution in [3.63, 3.8) is 0 Å². The molecule has 0 heterocycles. The largest absolute Gasteiger partial charge is 0.496 e. The number of hydrogen-bond acceptors (Lipinski definition) is 2. The summed E-state index contributed by atoms with van der Waals surface area (Å²) in [6.07, 6.45) is 15.3. The van der Waals surface area contributed by atoms with Gasteiger partial charge in [-0.15, -0.1) is 0 Å². The Morgan fingerprint density at radius 3 is 0.966 bits per heavy atom. The first-order valence-corrected chi connectivity index (χ1v) is 23.4. The molecule has 0 spiro atoms. The lowest BCUT2D eigenvalue weighted by Gasteiger charge is -2.34. The van der Waals surface area contributed by atoms with Gasteiger partial charge in [-0.2, -0.15) is 0 Å². The van der Waals surface area contributed by atoms with Crippen LogP contribution < -0.4 is 9.47 Å². The van der Waals surface area contributed by atoms with Gasteiger partial charge in [-0.3, -0.25) is 0 Å². The Bertz CT molecular complexity index is 1830. The van der Waals surface area contributed by atoms with Gasteiger partial charge in [0, 0.05) is 27.7 Å². The van der Waals surface area contributed by atoms with Gasteiger partial charge in [0.05, 0.1) is 14.2 Å². The first kappa shape index (κ1) is 46.5. The summed E-state index contributed by atoms with van der Waals surface area (Å²) in [5, 5.41) is 0. The van der Waals surface area contributed by atoms with E-state index in [-0.39, 0.29) is 27.1 Å². The number of ether oxygens (including phenoxy) is 2. The van der Waals surface area contributed by atoms with E-state index in [2.05, 4.69) is 158 Å². The monoisotopic (exact) mass is 799 g/mol. The van der Waals surface area contributed by atoms with E-state index in [0.717, 1.165) is 11.5 Å². The lowest BCUT2D eigenvalue weighted by Crippen LogP contribution is -2.26. The van der Waals surface area contributed by atoms with Crippen molar-refractivity contribution in [2.75, 3.05) is 14.2 Å². The molecule has 0 amide bonds. The minimum absolute atomic E-state index is 0.0481.